The summed E-state index contributed by atoms with van der Waals surface area (Å²) in [5.41, 5.74) is 1.48. The molecule has 0 fully saturated rings. The Labute approximate surface area is 143 Å². The highest BCUT2D eigenvalue weighted by atomic mass is 32.2. The van der Waals surface area contributed by atoms with Gasteiger partial charge in [-0.3, -0.25) is 9.36 Å². The van der Waals surface area contributed by atoms with Gasteiger partial charge in [0.05, 0.1) is 16.6 Å². The van der Waals surface area contributed by atoms with Gasteiger partial charge in [-0.15, -0.1) is 0 Å². The number of hydrogen-bond donors (Lipinski definition) is 0. The van der Waals surface area contributed by atoms with E-state index in [1.807, 2.05) is 84.9 Å². The van der Waals surface area contributed by atoms with Crippen molar-refractivity contribution in [1.82, 2.24) is 9.55 Å². The number of benzene rings is 3. The third-order valence-corrected chi connectivity index (χ3v) is 4.68. The topological polar surface area (TPSA) is 34.9 Å². The highest BCUT2D eigenvalue weighted by Crippen LogP contribution is 2.28. The molecular weight excluding hydrogens is 316 g/mol. The molecule has 116 valence electrons. The van der Waals surface area contributed by atoms with Crippen LogP contribution in [0.25, 0.3) is 16.6 Å². The maximum Gasteiger partial charge on any atom is 0.266 e. The molecule has 0 unspecified atom stereocenters. The zero-order valence-corrected chi connectivity index (χ0v) is 13.6. The molecule has 0 N–H and O–H groups in total. The molecule has 0 atom stereocenters. The maximum absolute atomic E-state index is 13.0. The van der Waals surface area contributed by atoms with Crippen molar-refractivity contribution in [2.45, 2.75) is 10.1 Å². The van der Waals surface area contributed by atoms with Gasteiger partial charge in [0.1, 0.15) is 0 Å². The number of nitrogens with zero attached hydrogens (tertiary/aromatic N) is 2. The average Bonchev–Trinajstić information content (AvgIpc) is 2.64. The van der Waals surface area contributed by atoms with Crippen molar-refractivity contribution in [3.05, 3.63) is 95.3 Å². The lowest BCUT2D eigenvalue weighted by molar-refractivity contribution is 0.820. The van der Waals surface area contributed by atoms with Crippen molar-refractivity contribution in [1.29, 1.82) is 0 Å². The van der Waals surface area contributed by atoms with E-state index in [0.717, 1.165) is 10.6 Å². The molecule has 4 rings (SSSR count). The number of aromatic nitrogens is 2. The van der Waals surface area contributed by atoms with Gasteiger partial charge in [-0.05, 0) is 36.4 Å². The largest absolute Gasteiger partial charge is 0.268 e. The molecule has 24 heavy (non-hydrogen) atoms. The normalized spacial score (nSPS) is 10.8. The Morgan fingerprint density at radius 1 is 0.750 bits per heavy atom. The monoisotopic (exact) mass is 330 g/mol. The van der Waals surface area contributed by atoms with Crippen molar-refractivity contribution in [2.24, 2.45) is 0 Å². The van der Waals surface area contributed by atoms with Gasteiger partial charge in [-0.2, -0.15) is 0 Å². The SMILES string of the molecule is O=c1c2ccccc2nc(Sc2ccccc2)n1-c1ccccc1. The summed E-state index contributed by atoms with van der Waals surface area (Å²) in [6.07, 6.45) is 0. The number of fused-ring (bicyclic) bond motifs is 1. The molecule has 0 saturated carbocycles. The van der Waals surface area contributed by atoms with Crippen molar-refractivity contribution in [3.8, 4) is 5.69 Å². The number of para-hydroxylation sites is 2. The Balaban J connectivity index is 1.98. The Kier molecular flexibility index (Phi) is 3.89. The van der Waals surface area contributed by atoms with Crippen LogP contribution in [0, 0.1) is 0 Å². The van der Waals surface area contributed by atoms with Crippen LogP contribution >= 0.6 is 11.8 Å². The first-order valence-corrected chi connectivity index (χ1v) is 8.45. The second kappa shape index (κ2) is 6.34. The third-order valence-electron chi connectivity index (χ3n) is 3.71. The summed E-state index contributed by atoms with van der Waals surface area (Å²) in [6.45, 7) is 0. The maximum atomic E-state index is 13.0. The van der Waals surface area contributed by atoms with Gasteiger partial charge in [0.2, 0.25) is 0 Å². The summed E-state index contributed by atoms with van der Waals surface area (Å²) >= 11 is 1.49. The van der Waals surface area contributed by atoms with E-state index in [9.17, 15) is 4.79 Å². The Bertz CT molecular complexity index is 1040. The zero-order valence-electron chi connectivity index (χ0n) is 12.8. The van der Waals surface area contributed by atoms with Crippen LogP contribution in [0.1, 0.15) is 0 Å². The smallest absolute Gasteiger partial charge is 0.266 e. The average molecular weight is 330 g/mol. The van der Waals surface area contributed by atoms with E-state index in [-0.39, 0.29) is 5.56 Å². The van der Waals surface area contributed by atoms with Crippen LogP contribution in [0.4, 0.5) is 0 Å². The van der Waals surface area contributed by atoms with Gasteiger partial charge in [-0.1, -0.05) is 60.3 Å². The van der Waals surface area contributed by atoms with E-state index >= 15 is 0 Å². The fraction of sp³-hybridized carbons (Fsp3) is 0. The highest BCUT2D eigenvalue weighted by Gasteiger charge is 2.13. The lowest BCUT2D eigenvalue weighted by Crippen LogP contribution is -2.21. The van der Waals surface area contributed by atoms with E-state index < -0.39 is 0 Å². The van der Waals surface area contributed by atoms with Gasteiger partial charge in [0, 0.05) is 4.90 Å². The number of hydrogen-bond acceptors (Lipinski definition) is 3. The van der Waals surface area contributed by atoms with Gasteiger partial charge in [-0.25, -0.2) is 4.98 Å². The Morgan fingerprint density at radius 3 is 2.12 bits per heavy atom. The number of rotatable bonds is 3. The predicted molar refractivity (Wildman–Crippen MR) is 97.9 cm³/mol. The van der Waals surface area contributed by atoms with Crippen LogP contribution in [0.15, 0.2) is 99.8 Å². The van der Waals surface area contributed by atoms with Crippen molar-refractivity contribution in [2.75, 3.05) is 0 Å². The fourth-order valence-electron chi connectivity index (χ4n) is 2.58. The summed E-state index contributed by atoms with van der Waals surface area (Å²) in [5.74, 6) is 0. The molecule has 3 aromatic carbocycles. The van der Waals surface area contributed by atoms with Gasteiger partial charge in [0.15, 0.2) is 5.16 Å². The van der Waals surface area contributed by atoms with Crippen LogP contribution in [0.2, 0.25) is 0 Å². The standard InChI is InChI=1S/C20H14N2OS/c23-19-17-13-7-8-14-18(17)21-20(24-16-11-5-2-6-12-16)22(19)15-9-3-1-4-10-15/h1-14H. The lowest BCUT2D eigenvalue weighted by atomic mass is 10.2. The minimum absolute atomic E-state index is 0.0507. The zero-order chi connectivity index (χ0) is 16.4. The van der Waals surface area contributed by atoms with E-state index in [1.165, 1.54) is 11.8 Å². The first kappa shape index (κ1) is 14.7. The molecule has 0 saturated heterocycles. The molecule has 0 spiro atoms. The molecule has 4 heteroatoms. The molecule has 0 amide bonds. The molecule has 0 bridgehead atoms. The first-order chi connectivity index (χ1) is 11.8. The van der Waals surface area contributed by atoms with Crippen LogP contribution in [0.5, 0.6) is 0 Å². The van der Waals surface area contributed by atoms with Crippen molar-refractivity contribution >= 4 is 22.7 Å². The summed E-state index contributed by atoms with van der Waals surface area (Å²) < 4.78 is 1.68. The molecular formula is C20H14N2OS. The predicted octanol–water partition coefficient (Wildman–Crippen LogP) is 4.54. The van der Waals surface area contributed by atoms with Crippen LogP contribution in [-0.2, 0) is 0 Å². The second-order valence-corrected chi connectivity index (χ2v) is 6.34. The summed E-state index contributed by atoms with van der Waals surface area (Å²) in [7, 11) is 0. The summed E-state index contributed by atoms with van der Waals surface area (Å²) in [5, 5.41) is 1.29. The molecule has 0 aliphatic heterocycles. The third kappa shape index (κ3) is 2.72. The summed E-state index contributed by atoms with van der Waals surface area (Å²) in [4.78, 5) is 18.8. The Hall–Kier alpha value is -2.85. The quantitative estimate of drug-likeness (QED) is 0.517. The first-order valence-electron chi connectivity index (χ1n) is 7.63. The second-order valence-electron chi connectivity index (χ2n) is 5.30. The summed E-state index contributed by atoms with van der Waals surface area (Å²) in [6, 6.07) is 27.1. The molecule has 0 radical (unpaired) electrons. The van der Waals surface area contributed by atoms with Gasteiger partial charge in [0.25, 0.3) is 5.56 Å². The molecule has 1 aromatic heterocycles. The van der Waals surface area contributed by atoms with Crippen LogP contribution < -0.4 is 5.56 Å². The van der Waals surface area contributed by atoms with Crippen LogP contribution in [0.3, 0.4) is 0 Å². The molecule has 3 nitrogen and oxygen atoms in total. The van der Waals surface area contributed by atoms with E-state index in [4.69, 9.17) is 4.98 Å². The van der Waals surface area contributed by atoms with E-state index in [0.29, 0.717) is 16.1 Å². The van der Waals surface area contributed by atoms with E-state index in [2.05, 4.69) is 0 Å². The minimum atomic E-state index is -0.0507. The van der Waals surface area contributed by atoms with Gasteiger partial charge < -0.3 is 0 Å². The van der Waals surface area contributed by atoms with E-state index in [1.54, 1.807) is 4.57 Å². The van der Waals surface area contributed by atoms with Crippen LogP contribution in [-0.4, -0.2) is 9.55 Å². The molecule has 4 aromatic rings. The van der Waals surface area contributed by atoms with Crippen molar-refractivity contribution in [3.63, 3.8) is 0 Å². The highest BCUT2D eigenvalue weighted by molar-refractivity contribution is 7.99. The minimum Gasteiger partial charge on any atom is -0.268 e. The molecule has 0 aliphatic carbocycles. The van der Waals surface area contributed by atoms with Gasteiger partial charge >= 0.3 is 0 Å². The van der Waals surface area contributed by atoms with Crippen molar-refractivity contribution < 1.29 is 0 Å². The fourth-order valence-corrected chi connectivity index (χ4v) is 3.51. The Morgan fingerprint density at radius 2 is 1.38 bits per heavy atom. The molecule has 0 aliphatic rings. The lowest BCUT2D eigenvalue weighted by Gasteiger charge is -2.13. The molecule has 1 heterocycles.